The molecule has 2 aromatic heterocycles. The molecule has 1 N–H and O–H groups in total. The van der Waals surface area contributed by atoms with Gasteiger partial charge in [-0.05, 0) is 35.2 Å². The highest BCUT2D eigenvalue weighted by molar-refractivity contribution is 7.12. The summed E-state index contributed by atoms with van der Waals surface area (Å²) in [5.41, 5.74) is 5.26. The number of rotatable bonds is 4. The number of benzene rings is 2. The third-order valence-electron chi connectivity index (χ3n) is 5.10. The van der Waals surface area contributed by atoms with Gasteiger partial charge >= 0.3 is 0 Å². The van der Waals surface area contributed by atoms with Crippen molar-refractivity contribution in [2.45, 2.75) is 6.04 Å². The van der Waals surface area contributed by atoms with E-state index in [-0.39, 0.29) is 11.9 Å². The third-order valence-corrected chi connectivity index (χ3v) is 5.97. The Morgan fingerprint density at radius 1 is 0.966 bits per heavy atom. The molecule has 142 valence electrons. The van der Waals surface area contributed by atoms with Crippen LogP contribution in [0.4, 0.5) is 0 Å². The number of aromatic nitrogens is 1. The van der Waals surface area contributed by atoms with Gasteiger partial charge in [0, 0.05) is 11.8 Å². The van der Waals surface area contributed by atoms with Crippen molar-refractivity contribution in [2.75, 3.05) is 6.54 Å². The minimum Gasteiger partial charge on any atom is -0.346 e. The maximum Gasteiger partial charge on any atom is 0.261 e. The van der Waals surface area contributed by atoms with Crippen LogP contribution >= 0.6 is 11.3 Å². The van der Waals surface area contributed by atoms with Crippen molar-refractivity contribution < 1.29 is 4.79 Å². The topological polar surface area (TPSA) is 46.4 Å². The SMILES string of the molecule is O=C(NCC1=N[C@@H](c2ccccc2)c2ccccc2-n2cccc21)c1cccs1. The Kier molecular flexibility index (Phi) is 4.58. The van der Waals surface area contributed by atoms with Crippen molar-refractivity contribution in [3.05, 3.63) is 112 Å². The number of amides is 1. The van der Waals surface area contributed by atoms with Crippen molar-refractivity contribution in [1.82, 2.24) is 9.88 Å². The monoisotopic (exact) mass is 397 g/mol. The number of nitrogens with one attached hydrogen (secondary N) is 1. The van der Waals surface area contributed by atoms with Gasteiger partial charge in [-0.3, -0.25) is 9.79 Å². The first-order valence-corrected chi connectivity index (χ1v) is 10.4. The Bertz CT molecular complexity index is 1180. The van der Waals surface area contributed by atoms with Gasteiger partial charge in [-0.25, -0.2) is 0 Å². The molecule has 29 heavy (non-hydrogen) atoms. The average Bonchev–Trinajstić information content (AvgIpc) is 3.45. The molecule has 0 saturated heterocycles. The van der Waals surface area contributed by atoms with E-state index in [1.165, 1.54) is 11.3 Å². The van der Waals surface area contributed by atoms with Crippen molar-refractivity contribution in [3.8, 4) is 5.69 Å². The maximum atomic E-state index is 12.5. The van der Waals surface area contributed by atoms with Gasteiger partial charge in [0.05, 0.1) is 28.5 Å². The van der Waals surface area contributed by atoms with Crippen LogP contribution in [0.1, 0.15) is 32.5 Å². The van der Waals surface area contributed by atoms with Crippen molar-refractivity contribution in [3.63, 3.8) is 0 Å². The Hall–Kier alpha value is -3.44. The van der Waals surface area contributed by atoms with E-state index < -0.39 is 0 Å². The van der Waals surface area contributed by atoms with E-state index in [9.17, 15) is 4.79 Å². The second-order valence-corrected chi connectivity index (χ2v) is 7.82. The van der Waals surface area contributed by atoms with E-state index >= 15 is 0 Å². The molecule has 3 heterocycles. The van der Waals surface area contributed by atoms with Crippen LogP contribution in [0.2, 0.25) is 0 Å². The van der Waals surface area contributed by atoms with Gasteiger partial charge < -0.3 is 9.88 Å². The van der Waals surface area contributed by atoms with Gasteiger partial charge in [-0.15, -0.1) is 11.3 Å². The summed E-state index contributed by atoms with van der Waals surface area (Å²) in [5.74, 6) is -0.0705. The fraction of sp³-hybridized carbons (Fsp3) is 0.0833. The normalized spacial score (nSPS) is 15.0. The minimum absolute atomic E-state index is 0.0705. The van der Waals surface area contributed by atoms with E-state index in [1.807, 2.05) is 47.8 Å². The molecule has 0 unspecified atom stereocenters. The third kappa shape index (κ3) is 3.30. The van der Waals surface area contributed by atoms with E-state index in [1.54, 1.807) is 0 Å². The lowest BCUT2D eigenvalue weighted by Crippen LogP contribution is -2.30. The number of fused-ring (bicyclic) bond motifs is 3. The van der Waals surface area contributed by atoms with Crippen molar-refractivity contribution in [2.24, 2.45) is 4.99 Å². The summed E-state index contributed by atoms with van der Waals surface area (Å²) < 4.78 is 2.16. The number of nitrogens with zero attached hydrogens (tertiary/aromatic N) is 2. The first-order valence-electron chi connectivity index (χ1n) is 9.51. The molecule has 0 aliphatic carbocycles. The van der Waals surface area contributed by atoms with Crippen LogP contribution in [0.25, 0.3) is 5.69 Å². The summed E-state index contributed by atoms with van der Waals surface area (Å²) in [5, 5.41) is 4.95. The smallest absolute Gasteiger partial charge is 0.261 e. The fourth-order valence-electron chi connectivity index (χ4n) is 3.74. The van der Waals surface area contributed by atoms with Crippen LogP contribution in [0.15, 0.2) is 95.4 Å². The zero-order chi connectivity index (χ0) is 19.6. The molecule has 0 spiro atoms. The first kappa shape index (κ1) is 17.6. The molecule has 2 aromatic carbocycles. The van der Waals surface area contributed by atoms with Crippen molar-refractivity contribution >= 4 is 23.0 Å². The van der Waals surface area contributed by atoms with E-state index in [2.05, 4.69) is 52.5 Å². The average molecular weight is 398 g/mol. The molecule has 4 aromatic rings. The summed E-state index contributed by atoms with van der Waals surface area (Å²) in [6.45, 7) is 0.373. The largest absolute Gasteiger partial charge is 0.346 e. The molecule has 1 atom stereocenters. The molecule has 5 heteroatoms. The predicted molar refractivity (Wildman–Crippen MR) is 117 cm³/mol. The number of hydrogen-bond donors (Lipinski definition) is 1. The maximum absolute atomic E-state index is 12.5. The molecular weight excluding hydrogens is 378 g/mol. The second kappa shape index (κ2) is 7.53. The lowest BCUT2D eigenvalue weighted by Gasteiger charge is -2.16. The second-order valence-electron chi connectivity index (χ2n) is 6.87. The Labute approximate surface area is 173 Å². The Balaban J connectivity index is 1.58. The lowest BCUT2D eigenvalue weighted by atomic mass is 9.98. The summed E-state index contributed by atoms with van der Waals surface area (Å²) in [6, 6.07) is 26.3. The molecule has 5 rings (SSSR count). The quantitative estimate of drug-likeness (QED) is 0.525. The summed E-state index contributed by atoms with van der Waals surface area (Å²) >= 11 is 1.44. The van der Waals surface area contributed by atoms with Gasteiger partial charge in [-0.2, -0.15) is 0 Å². The van der Waals surface area contributed by atoms with Gasteiger partial charge in [0.2, 0.25) is 0 Å². The van der Waals surface area contributed by atoms with E-state index in [4.69, 9.17) is 4.99 Å². The van der Waals surface area contributed by atoms with Crippen LogP contribution in [-0.2, 0) is 0 Å². The van der Waals surface area contributed by atoms with Crippen molar-refractivity contribution in [1.29, 1.82) is 0 Å². The van der Waals surface area contributed by atoms with Gasteiger partial charge in [0.15, 0.2) is 0 Å². The summed E-state index contributed by atoms with van der Waals surface area (Å²) in [7, 11) is 0. The molecule has 4 nitrogen and oxygen atoms in total. The number of carbonyl (C=O) groups excluding carboxylic acids is 1. The Morgan fingerprint density at radius 2 is 1.79 bits per heavy atom. The lowest BCUT2D eigenvalue weighted by molar-refractivity contribution is 0.0963. The molecule has 0 radical (unpaired) electrons. The first-order chi connectivity index (χ1) is 14.3. The molecule has 1 amide bonds. The summed E-state index contributed by atoms with van der Waals surface area (Å²) in [6.07, 6.45) is 2.05. The van der Waals surface area contributed by atoms with Crippen LogP contribution in [0.3, 0.4) is 0 Å². The number of aliphatic imine (C=N–C) groups is 1. The van der Waals surface area contributed by atoms with E-state index in [0.717, 1.165) is 28.2 Å². The van der Waals surface area contributed by atoms with E-state index in [0.29, 0.717) is 11.4 Å². The number of thiophene rings is 1. The van der Waals surface area contributed by atoms with Crippen LogP contribution in [0, 0.1) is 0 Å². The predicted octanol–water partition coefficient (Wildman–Crippen LogP) is 4.86. The highest BCUT2D eigenvalue weighted by atomic mass is 32.1. The van der Waals surface area contributed by atoms with Gasteiger partial charge in [0.25, 0.3) is 5.91 Å². The standard InChI is InChI=1S/C24H19N3OS/c28-24(22-13-7-15-29-22)25-16-19-21-12-6-14-27(21)20-11-5-4-10-18(20)23(26-19)17-8-2-1-3-9-17/h1-15,23H,16H2,(H,25,28)/t23-/m0/s1. The molecular formula is C24H19N3OS. The van der Waals surface area contributed by atoms with Crippen LogP contribution in [0.5, 0.6) is 0 Å². The molecule has 1 aliphatic rings. The number of para-hydroxylation sites is 1. The van der Waals surface area contributed by atoms with Crippen LogP contribution in [-0.4, -0.2) is 22.7 Å². The summed E-state index contributed by atoms with van der Waals surface area (Å²) in [4.78, 5) is 18.3. The molecule has 0 saturated carbocycles. The zero-order valence-corrected chi connectivity index (χ0v) is 16.5. The van der Waals surface area contributed by atoms with Crippen LogP contribution < -0.4 is 5.32 Å². The van der Waals surface area contributed by atoms with Gasteiger partial charge in [-0.1, -0.05) is 54.6 Å². The fourth-order valence-corrected chi connectivity index (χ4v) is 4.38. The molecule has 0 fully saturated rings. The Morgan fingerprint density at radius 3 is 2.62 bits per heavy atom. The number of hydrogen-bond acceptors (Lipinski definition) is 3. The van der Waals surface area contributed by atoms with Gasteiger partial charge in [0.1, 0.15) is 6.04 Å². The highest BCUT2D eigenvalue weighted by Gasteiger charge is 2.24. The number of carbonyl (C=O) groups is 1. The minimum atomic E-state index is -0.124. The molecule has 0 bridgehead atoms. The zero-order valence-electron chi connectivity index (χ0n) is 15.7. The molecule has 1 aliphatic heterocycles. The highest BCUT2D eigenvalue weighted by Crippen LogP contribution is 2.34.